The maximum atomic E-state index is 10.3. The first-order chi connectivity index (χ1) is 5.47. The van der Waals surface area contributed by atoms with Crippen molar-refractivity contribution in [2.45, 2.75) is 12.5 Å². The van der Waals surface area contributed by atoms with Crippen LogP contribution in [-0.2, 0) is 10.1 Å². The minimum Gasteiger partial charge on any atom is -0.392 e. The zero-order chi connectivity index (χ0) is 9.19. The van der Waals surface area contributed by atoms with Gasteiger partial charge in [0.1, 0.15) is 0 Å². The van der Waals surface area contributed by atoms with Gasteiger partial charge in [-0.1, -0.05) is 0 Å². The van der Waals surface area contributed by atoms with E-state index in [1.165, 1.54) is 0 Å². The summed E-state index contributed by atoms with van der Waals surface area (Å²) in [6.07, 6.45) is 0.345. The van der Waals surface area contributed by atoms with Crippen LogP contribution in [0.25, 0.3) is 0 Å². The first kappa shape index (κ1) is 9.91. The maximum absolute atomic E-state index is 10.3. The highest BCUT2D eigenvalue weighted by atomic mass is 32.2. The third kappa shape index (κ3) is 3.48. The molecule has 0 aromatic carbocycles. The lowest BCUT2D eigenvalue weighted by atomic mass is 10.3. The van der Waals surface area contributed by atoms with E-state index in [2.05, 4.69) is 0 Å². The van der Waals surface area contributed by atoms with Crippen molar-refractivity contribution in [2.75, 3.05) is 25.4 Å². The number of likely N-dealkylation sites (tertiary alicyclic amines) is 1. The van der Waals surface area contributed by atoms with Crippen molar-refractivity contribution < 1.29 is 18.1 Å². The highest BCUT2D eigenvalue weighted by Gasteiger charge is 2.20. The molecule has 0 aromatic heterocycles. The summed E-state index contributed by atoms with van der Waals surface area (Å²) in [5, 5.41) is 9.08. The highest BCUT2D eigenvalue weighted by molar-refractivity contribution is 7.85. The summed E-state index contributed by atoms with van der Waals surface area (Å²) >= 11 is 0. The van der Waals surface area contributed by atoms with Gasteiger partial charge in [0, 0.05) is 19.6 Å². The average Bonchev–Trinajstić information content (AvgIpc) is 2.30. The molecule has 72 valence electrons. The van der Waals surface area contributed by atoms with Crippen LogP contribution >= 0.6 is 0 Å². The predicted octanol–water partition coefficient (Wildman–Crippen LogP) is -1.06. The van der Waals surface area contributed by atoms with E-state index in [4.69, 9.17) is 9.66 Å². The SMILES string of the molecule is O=S(=O)(O)CCN1CC[C@@H](O)C1. The fraction of sp³-hybridized carbons (Fsp3) is 1.00. The Bertz CT molecular complexity index is 238. The lowest BCUT2D eigenvalue weighted by Gasteiger charge is -2.12. The summed E-state index contributed by atoms with van der Waals surface area (Å²) in [5.74, 6) is -0.250. The largest absolute Gasteiger partial charge is 0.392 e. The Morgan fingerprint density at radius 1 is 1.50 bits per heavy atom. The molecule has 1 saturated heterocycles. The van der Waals surface area contributed by atoms with E-state index in [0.717, 1.165) is 0 Å². The topological polar surface area (TPSA) is 77.8 Å². The molecule has 0 unspecified atom stereocenters. The number of aliphatic hydroxyl groups excluding tert-OH is 1. The quantitative estimate of drug-likeness (QED) is 0.561. The molecular formula is C6H13NO4S. The zero-order valence-corrected chi connectivity index (χ0v) is 7.50. The minimum atomic E-state index is -3.85. The standard InChI is InChI=1S/C6H13NO4S/c8-6-1-2-7(5-6)3-4-12(9,10)11/h6,8H,1-5H2,(H,9,10,11)/t6-/m1/s1. The average molecular weight is 195 g/mol. The summed E-state index contributed by atoms with van der Waals surface area (Å²) in [6.45, 7) is 1.52. The van der Waals surface area contributed by atoms with Crippen LogP contribution in [0.4, 0.5) is 0 Å². The van der Waals surface area contributed by atoms with Gasteiger partial charge in [-0.2, -0.15) is 8.42 Å². The van der Waals surface area contributed by atoms with Crippen molar-refractivity contribution >= 4 is 10.1 Å². The Morgan fingerprint density at radius 3 is 2.58 bits per heavy atom. The molecule has 5 nitrogen and oxygen atoms in total. The van der Waals surface area contributed by atoms with Crippen molar-refractivity contribution in [2.24, 2.45) is 0 Å². The van der Waals surface area contributed by atoms with Crippen LogP contribution in [0.1, 0.15) is 6.42 Å². The number of rotatable bonds is 3. The summed E-state index contributed by atoms with van der Waals surface area (Å²) in [5.41, 5.74) is 0. The summed E-state index contributed by atoms with van der Waals surface area (Å²) in [4.78, 5) is 1.82. The van der Waals surface area contributed by atoms with E-state index in [-0.39, 0.29) is 11.9 Å². The minimum absolute atomic E-state index is 0.250. The molecule has 1 rings (SSSR count). The van der Waals surface area contributed by atoms with E-state index < -0.39 is 10.1 Å². The van der Waals surface area contributed by atoms with Crippen molar-refractivity contribution in [3.63, 3.8) is 0 Å². The van der Waals surface area contributed by atoms with E-state index in [0.29, 0.717) is 26.1 Å². The van der Waals surface area contributed by atoms with Crippen LogP contribution in [-0.4, -0.2) is 54.5 Å². The molecule has 0 spiro atoms. The molecule has 1 aliphatic heterocycles. The molecule has 0 aromatic rings. The maximum Gasteiger partial charge on any atom is 0.266 e. The molecule has 0 saturated carbocycles. The Kier molecular flexibility index (Phi) is 3.05. The van der Waals surface area contributed by atoms with Crippen molar-refractivity contribution in [1.29, 1.82) is 0 Å². The van der Waals surface area contributed by atoms with Crippen LogP contribution in [0, 0.1) is 0 Å². The van der Waals surface area contributed by atoms with Crippen LogP contribution in [0.3, 0.4) is 0 Å². The first-order valence-corrected chi connectivity index (χ1v) is 5.44. The van der Waals surface area contributed by atoms with Gasteiger partial charge in [0.2, 0.25) is 0 Å². The second-order valence-electron chi connectivity index (χ2n) is 3.03. The molecule has 6 heteroatoms. The van der Waals surface area contributed by atoms with E-state index in [1.54, 1.807) is 0 Å². The molecule has 0 amide bonds. The number of aliphatic hydroxyl groups is 1. The van der Waals surface area contributed by atoms with Crippen LogP contribution < -0.4 is 0 Å². The summed E-state index contributed by atoms with van der Waals surface area (Å²) < 4.78 is 29.1. The van der Waals surface area contributed by atoms with Gasteiger partial charge in [-0.3, -0.25) is 9.45 Å². The Hall–Kier alpha value is -0.170. The molecule has 1 heterocycles. The monoisotopic (exact) mass is 195 g/mol. The van der Waals surface area contributed by atoms with Gasteiger partial charge in [0.25, 0.3) is 10.1 Å². The van der Waals surface area contributed by atoms with E-state index in [1.807, 2.05) is 4.90 Å². The van der Waals surface area contributed by atoms with E-state index >= 15 is 0 Å². The first-order valence-electron chi connectivity index (χ1n) is 3.83. The van der Waals surface area contributed by atoms with E-state index in [9.17, 15) is 8.42 Å². The molecule has 0 radical (unpaired) electrons. The van der Waals surface area contributed by atoms with Crippen molar-refractivity contribution in [3.05, 3.63) is 0 Å². The molecular weight excluding hydrogens is 182 g/mol. The van der Waals surface area contributed by atoms with Gasteiger partial charge >= 0.3 is 0 Å². The summed E-state index contributed by atoms with van der Waals surface area (Å²) in [6, 6.07) is 0. The number of hydrogen-bond donors (Lipinski definition) is 2. The van der Waals surface area contributed by atoms with Crippen molar-refractivity contribution in [3.8, 4) is 0 Å². The summed E-state index contributed by atoms with van der Waals surface area (Å²) in [7, 11) is -3.85. The lowest BCUT2D eigenvalue weighted by molar-refractivity contribution is 0.178. The fourth-order valence-electron chi connectivity index (χ4n) is 1.26. The van der Waals surface area contributed by atoms with Crippen molar-refractivity contribution in [1.82, 2.24) is 4.90 Å². The third-order valence-electron chi connectivity index (χ3n) is 1.91. The normalized spacial score (nSPS) is 26.3. The second-order valence-corrected chi connectivity index (χ2v) is 4.60. The number of nitrogens with zero attached hydrogens (tertiary/aromatic N) is 1. The highest BCUT2D eigenvalue weighted by Crippen LogP contribution is 2.07. The Balaban J connectivity index is 2.25. The predicted molar refractivity (Wildman–Crippen MR) is 43.5 cm³/mol. The number of hydrogen-bond acceptors (Lipinski definition) is 4. The molecule has 12 heavy (non-hydrogen) atoms. The van der Waals surface area contributed by atoms with Crippen LogP contribution in [0.15, 0.2) is 0 Å². The zero-order valence-electron chi connectivity index (χ0n) is 6.68. The molecule has 1 aliphatic rings. The molecule has 0 aliphatic carbocycles. The Morgan fingerprint density at radius 2 is 2.17 bits per heavy atom. The molecule has 2 N–H and O–H groups in total. The molecule has 0 bridgehead atoms. The van der Waals surface area contributed by atoms with Gasteiger partial charge in [0.05, 0.1) is 11.9 Å². The molecule has 1 atom stereocenters. The van der Waals surface area contributed by atoms with Gasteiger partial charge in [-0.05, 0) is 6.42 Å². The smallest absolute Gasteiger partial charge is 0.266 e. The van der Waals surface area contributed by atoms with Crippen LogP contribution in [0.5, 0.6) is 0 Å². The fourth-order valence-corrected chi connectivity index (χ4v) is 1.75. The van der Waals surface area contributed by atoms with Crippen LogP contribution in [0.2, 0.25) is 0 Å². The number of β-amino-alcohol motifs (C(OH)–C–C–N with tert-alkyl or cyclic N) is 1. The van der Waals surface area contributed by atoms with Gasteiger partial charge in [-0.15, -0.1) is 0 Å². The Labute approximate surface area is 71.7 Å². The lowest BCUT2D eigenvalue weighted by Crippen LogP contribution is -2.27. The van der Waals surface area contributed by atoms with Gasteiger partial charge in [0.15, 0.2) is 0 Å². The second kappa shape index (κ2) is 3.69. The third-order valence-corrected chi connectivity index (χ3v) is 2.61. The molecule has 1 fully saturated rings. The van der Waals surface area contributed by atoms with Gasteiger partial charge in [-0.25, -0.2) is 0 Å². The van der Waals surface area contributed by atoms with Gasteiger partial charge < -0.3 is 5.11 Å².